The van der Waals surface area contributed by atoms with Crippen LogP contribution in [-0.2, 0) is 0 Å². The molecule has 0 amide bonds. The Balaban J connectivity index is 1.53. The number of ether oxygens (including phenoxy) is 6. The van der Waals surface area contributed by atoms with Gasteiger partial charge in [0.05, 0.1) is 14.2 Å². The smallest absolute Gasteiger partial charge is 0.231 e. The van der Waals surface area contributed by atoms with Crippen molar-refractivity contribution in [2.45, 2.75) is 0 Å². The van der Waals surface area contributed by atoms with E-state index in [0.717, 1.165) is 22.6 Å². The molecule has 0 saturated heterocycles. The standard InChI is InChI=1S/C26H18O6/c1-27-23-13-19(7-3-17-5-9-21-25(11-17)31-15-29-21)20(14-24(23)28-2)8-4-18-6-10-22-26(12-18)32-16-30-22/h5-6,9-14H,15-16H2,1-2H3. The fourth-order valence-corrected chi connectivity index (χ4v) is 3.31. The lowest BCUT2D eigenvalue weighted by Crippen LogP contribution is -1.94. The van der Waals surface area contributed by atoms with Crippen molar-refractivity contribution < 1.29 is 28.4 Å². The number of rotatable bonds is 2. The van der Waals surface area contributed by atoms with Crippen LogP contribution >= 0.6 is 0 Å². The van der Waals surface area contributed by atoms with E-state index < -0.39 is 0 Å². The molecule has 0 saturated carbocycles. The van der Waals surface area contributed by atoms with Crippen LogP contribution < -0.4 is 28.4 Å². The van der Waals surface area contributed by atoms with Crippen LogP contribution in [0.5, 0.6) is 34.5 Å². The molecular formula is C26H18O6. The van der Waals surface area contributed by atoms with Crippen molar-refractivity contribution in [2.75, 3.05) is 27.8 Å². The SMILES string of the molecule is COc1cc(C#Cc2ccc3c(c2)OCO3)c(C#Cc2ccc3c(c2)OCO3)cc1OC. The molecule has 6 nitrogen and oxygen atoms in total. The molecule has 0 radical (unpaired) electrons. The minimum atomic E-state index is 0.224. The summed E-state index contributed by atoms with van der Waals surface area (Å²) in [5.41, 5.74) is 3.04. The molecule has 5 rings (SSSR count). The van der Waals surface area contributed by atoms with Gasteiger partial charge in [-0.15, -0.1) is 0 Å². The van der Waals surface area contributed by atoms with Crippen molar-refractivity contribution in [3.05, 3.63) is 70.8 Å². The lowest BCUT2D eigenvalue weighted by Gasteiger charge is -2.09. The van der Waals surface area contributed by atoms with E-state index in [0.29, 0.717) is 34.1 Å². The van der Waals surface area contributed by atoms with Crippen LogP contribution in [0.2, 0.25) is 0 Å². The van der Waals surface area contributed by atoms with Gasteiger partial charge in [-0.2, -0.15) is 0 Å². The minimum absolute atomic E-state index is 0.224. The van der Waals surface area contributed by atoms with E-state index in [-0.39, 0.29) is 13.6 Å². The third kappa shape index (κ3) is 3.82. The molecule has 0 aromatic heterocycles. The van der Waals surface area contributed by atoms with E-state index in [9.17, 15) is 0 Å². The maximum atomic E-state index is 5.45. The van der Waals surface area contributed by atoms with Gasteiger partial charge in [0, 0.05) is 34.4 Å². The van der Waals surface area contributed by atoms with E-state index in [1.54, 1.807) is 14.2 Å². The van der Waals surface area contributed by atoms with Crippen LogP contribution in [0.15, 0.2) is 48.5 Å². The summed E-state index contributed by atoms with van der Waals surface area (Å²) in [4.78, 5) is 0. The highest BCUT2D eigenvalue weighted by Gasteiger charge is 2.14. The zero-order valence-corrected chi connectivity index (χ0v) is 17.5. The summed E-state index contributed by atoms with van der Waals surface area (Å²) in [5, 5.41) is 0. The third-order valence-electron chi connectivity index (χ3n) is 4.95. The van der Waals surface area contributed by atoms with E-state index in [4.69, 9.17) is 28.4 Å². The van der Waals surface area contributed by atoms with Gasteiger partial charge >= 0.3 is 0 Å². The molecule has 0 aliphatic carbocycles. The zero-order chi connectivity index (χ0) is 21.9. The van der Waals surface area contributed by atoms with Crippen LogP contribution in [0, 0.1) is 23.7 Å². The van der Waals surface area contributed by atoms with Gasteiger partial charge in [0.1, 0.15) is 0 Å². The first kappa shape index (κ1) is 19.5. The van der Waals surface area contributed by atoms with Crippen molar-refractivity contribution in [1.82, 2.24) is 0 Å². The molecule has 158 valence electrons. The minimum Gasteiger partial charge on any atom is -0.493 e. The van der Waals surface area contributed by atoms with Crippen LogP contribution in [0.3, 0.4) is 0 Å². The lowest BCUT2D eigenvalue weighted by atomic mass is 10.1. The van der Waals surface area contributed by atoms with Gasteiger partial charge in [-0.25, -0.2) is 0 Å². The predicted octanol–water partition coefficient (Wildman–Crippen LogP) is 3.96. The predicted molar refractivity (Wildman–Crippen MR) is 117 cm³/mol. The first-order valence-corrected chi connectivity index (χ1v) is 9.83. The molecule has 0 bridgehead atoms. The second-order valence-corrected chi connectivity index (χ2v) is 6.89. The van der Waals surface area contributed by atoms with Gasteiger partial charge in [-0.1, -0.05) is 23.7 Å². The first-order valence-electron chi connectivity index (χ1n) is 9.83. The second-order valence-electron chi connectivity index (χ2n) is 6.89. The van der Waals surface area contributed by atoms with E-state index >= 15 is 0 Å². The topological polar surface area (TPSA) is 55.4 Å². The Morgan fingerprint density at radius 1 is 0.562 bits per heavy atom. The van der Waals surface area contributed by atoms with Gasteiger partial charge in [0.15, 0.2) is 34.5 Å². The molecule has 32 heavy (non-hydrogen) atoms. The van der Waals surface area contributed by atoms with Crippen molar-refractivity contribution in [3.63, 3.8) is 0 Å². The molecule has 0 N–H and O–H groups in total. The third-order valence-corrected chi connectivity index (χ3v) is 4.95. The normalized spacial score (nSPS) is 12.3. The summed E-state index contributed by atoms with van der Waals surface area (Å²) < 4.78 is 32.5. The average molecular weight is 426 g/mol. The van der Waals surface area contributed by atoms with Crippen molar-refractivity contribution >= 4 is 0 Å². The summed E-state index contributed by atoms with van der Waals surface area (Å²) in [6.45, 7) is 0.447. The van der Waals surface area contributed by atoms with E-state index in [2.05, 4.69) is 23.7 Å². The van der Waals surface area contributed by atoms with E-state index in [1.807, 2.05) is 48.5 Å². The van der Waals surface area contributed by atoms with Gasteiger partial charge in [0.2, 0.25) is 13.6 Å². The highest BCUT2D eigenvalue weighted by molar-refractivity contribution is 5.62. The van der Waals surface area contributed by atoms with Crippen LogP contribution in [0.25, 0.3) is 0 Å². The summed E-state index contributed by atoms with van der Waals surface area (Å²) >= 11 is 0. The molecule has 0 atom stereocenters. The highest BCUT2D eigenvalue weighted by atomic mass is 16.7. The van der Waals surface area contributed by atoms with Crippen LogP contribution in [-0.4, -0.2) is 27.8 Å². The zero-order valence-electron chi connectivity index (χ0n) is 17.5. The summed E-state index contributed by atoms with van der Waals surface area (Å²) in [6, 6.07) is 14.8. The second kappa shape index (κ2) is 8.37. The van der Waals surface area contributed by atoms with Gasteiger partial charge in [-0.3, -0.25) is 0 Å². The lowest BCUT2D eigenvalue weighted by molar-refractivity contribution is 0.173. The number of hydrogen-bond donors (Lipinski definition) is 0. The molecule has 6 heteroatoms. The maximum absolute atomic E-state index is 5.45. The fourth-order valence-electron chi connectivity index (χ4n) is 3.31. The van der Waals surface area contributed by atoms with Crippen molar-refractivity contribution in [2.24, 2.45) is 0 Å². The van der Waals surface area contributed by atoms with Gasteiger partial charge in [0.25, 0.3) is 0 Å². The molecule has 0 fully saturated rings. The Morgan fingerprint density at radius 3 is 1.44 bits per heavy atom. The summed E-state index contributed by atoms with van der Waals surface area (Å²) in [7, 11) is 3.18. The molecule has 2 aliphatic heterocycles. The van der Waals surface area contributed by atoms with Gasteiger partial charge in [-0.05, 0) is 36.4 Å². The number of benzene rings is 3. The van der Waals surface area contributed by atoms with Crippen molar-refractivity contribution in [3.8, 4) is 58.2 Å². The summed E-state index contributed by atoms with van der Waals surface area (Å²) in [5.74, 6) is 16.7. The first-order chi connectivity index (χ1) is 15.7. The van der Waals surface area contributed by atoms with Crippen LogP contribution in [0.1, 0.15) is 22.3 Å². The Labute approximate surface area is 185 Å². The van der Waals surface area contributed by atoms with E-state index in [1.165, 1.54) is 0 Å². The van der Waals surface area contributed by atoms with Crippen molar-refractivity contribution in [1.29, 1.82) is 0 Å². The largest absolute Gasteiger partial charge is 0.493 e. The monoisotopic (exact) mass is 426 g/mol. The average Bonchev–Trinajstić information content (AvgIpc) is 3.49. The molecule has 3 aromatic rings. The molecule has 0 unspecified atom stereocenters. The number of hydrogen-bond acceptors (Lipinski definition) is 6. The molecule has 3 aromatic carbocycles. The van der Waals surface area contributed by atoms with Gasteiger partial charge < -0.3 is 28.4 Å². The Morgan fingerprint density at radius 2 is 1.00 bits per heavy atom. The molecule has 2 aliphatic rings. The molecular weight excluding hydrogens is 408 g/mol. The maximum Gasteiger partial charge on any atom is 0.231 e. The molecule has 0 spiro atoms. The quantitative estimate of drug-likeness (QED) is 0.579. The Kier molecular flexibility index (Phi) is 5.11. The number of fused-ring (bicyclic) bond motifs is 2. The highest BCUT2D eigenvalue weighted by Crippen LogP contribution is 2.34. The fraction of sp³-hybridized carbons (Fsp3) is 0.154. The molecule has 2 heterocycles. The number of methoxy groups -OCH3 is 2. The Hall–Kier alpha value is -4.42. The Bertz CT molecular complexity index is 1220. The summed E-state index contributed by atoms with van der Waals surface area (Å²) in [6.07, 6.45) is 0. The van der Waals surface area contributed by atoms with Crippen LogP contribution in [0.4, 0.5) is 0 Å².